The van der Waals surface area contributed by atoms with Gasteiger partial charge in [0, 0.05) is 11.9 Å². The van der Waals surface area contributed by atoms with Crippen LogP contribution in [0.5, 0.6) is 0 Å². The van der Waals surface area contributed by atoms with E-state index in [0.717, 1.165) is 17.4 Å². The summed E-state index contributed by atoms with van der Waals surface area (Å²) >= 11 is 0. The molecule has 0 spiro atoms. The van der Waals surface area contributed by atoms with E-state index in [4.69, 9.17) is 0 Å². The van der Waals surface area contributed by atoms with Gasteiger partial charge in [0.1, 0.15) is 0 Å². The van der Waals surface area contributed by atoms with Gasteiger partial charge in [-0.25, -0.2) is 0 Å². The van der Waals surface area contributed by atoms with E-state index in [2.05, 4.69) is 45.9 Å². The van der Waals surface area contributed by atoms with E-state index in [9.17, 15) is 0 Å². The molecule has 0 saturated carbocycles. The van der Waals surface area contributed by atoms with Crippen LogP contribution in [0, 0.1) is 0 Å². The molecule has 0 saturated heterocycles. The molecule has 0 radical (unpaired) electrons. The highest BCUT2D eigenvalue weighted by Gasteiger charge is 1.94. The summed E-state index contributed by atoms with van der Waals surface area (Å²) < 4.78 is 0. The molecule has 1 aromatic heterocycles. The molecular formula is C11H13N3. The Kier molecular flexibility index (Phi) is 2.60. The zero-order valence-corrected chi connectivity index (χ0v) is 8.12. The molecule has 0 atom stereocenters. The van der Waals surface area contributed by atoms with Gasteiger partial charge in [0.15, 0.2) is 0 Å². The molecule has 0 fully saturated rings. The molecule has 3 heteroatoms. The Balaban J connectivity index is 2.25. The molecule has 2 rings (SSSR count). The lowest BCUT2D eigenvalue weighted by Gasteiger charge is -1.93. The predicted octanol–water partition coefficient (Wildman–Crippen LogP) is 1.80. The standard InChI is InChI=1S/C11H13N3/c1-12-6-2-3-9-4-5-10-8-13-14-11(10)7-9/h2-5,7-8,12H,6H2,1H3,(H,13,14). The highest BCUT2D eigenvalue weighted by molar-refractivity contribution is 5.80. The number of aromatic nitrogens is 2. The van der Waals surface area contributed by atoms with Crippen LogP contribution in [-0.4, -0.2) is 23.8 Å². The van der Waals surface area contributed by atoms with E-state index in [1.165, 1.54) is 5.56 Å². The number of benzene rings is 1. The molecule has 2 aromatic rings. The zero-order chi connectivity index (χ0) is 9.80. The third-order valence-corrected chi connectivity index (χ3v) is 2.10. The fourth-order valence-electron chi connectivity index (χ4n) is 1.37. The third-order valence-electron chi connectivity index (χ3n) is 2.10. The Labute approximate surface area is 82.8 Å². The highest BCUT2D eigenvalue weighted by atomic mass is 15.1. The molecule has 0 amide bonds. The van der Waals surface area contributed by atoms with Crippen LogP contribution in [0.25, 0.3) is 17.0 Å². The zero-order valence-electron chi connectivity index (χ0n) is 8.12. The molecule has 1 aromatic carbocycles. The van der Waals surface area contributed by atoms with Crippen molar-refractivity contribution in [1.82, 2.24) is 15.5 Å². The van der Waals surface area contributed by atoms with Crippen LogP contribution >= 0.6 is 0 Å². The molecule has 1 heterocycles. The van der Waals surface area contributed by atoms with E-state index < -0.39 is 0 Å². The van der Waals surface area contributed by atoms with Crippen molar-refractivity contribution >= 4 is 17.0 Å². The minimum absolute atomic E-state index is 0.890. The largest absolute Gasteiger partial charge is 0.316 e. The number of hydrogen-bond acceptors (Lipinski definition) is 2. The SMILES string of the molecule is CNCC=Cc1ccc2cn[nH]c2c1. The van der Waals surface area contributed by atoms with Gasteiger partial charge in [-0.1, -0.05) is 24.3 Å². The van der Waals surface area contributed by atoms with Gasteiger partial charge in [-0.05, 0) is 18.7 Å². The van der Waals surface area contributed by atoms with Gasteiger partial charge < -0.3 is 5.32 Å². The topological polar surface area (TPSA) is 40.7 Å². The van der Waals surface area contributed by atoms with Crippen LogP contribution in [0.1, 0.15) is 5.56 Å². The quantitative estimate of drug-likeness (QED) is 0.769. The average Bonchev–Trinajstić information content (AvgIpc) is 2.65. The van der Waals surface area contributed by atoms with Crippen LogP contribution in [-0.2, 0) is 0 Å². The Morgan fingerprint density at radius 2 is 2.43 bits per heavy atom. The Morgan fingerprint density at radius 1 is 1.50 bits per heavy atom. The predicted molar refractivity (Wildman–Crippen MR) is 59.1 cm³/mol. The minimum Gasteiger partial charge on any atom is -0.316 e. The molecule has 0 aliphatic carbocycles. The number of rotatable bonds is 3. The van der Waals surface area contributed by atoms with Gasteiger partial charge in [-0.15, -0.1) is 0 Å². The third kappa shape index (κ3) is 1.83. The Hall–Kier alpha value is -1.61. The number of likely N-dealkylation sites (N-methyl/N-ethyl adjacent to an activating group) is 1. The number of hydrogen-bond donors (Lipinski definition) is 2. The van der Waals surface area contributed by atoms with Crippen molar-refractivity contribution in [3.63, 3.8) is 0 Å². The molecule has 0 aliphatic rings. The molecule has 0 bridgehead atoms. The highest BCUT2D eigenvalue weighted by Crippen LogP contribution is 2.13. The van der Waals surface area contributed by atoms with Crippen molar-refractivity contribution in [2.75, 3.05) is 13.6 Å². The first-order valence-electron chi connectivity index (χ1n) is 4.64. The minimum atomic E-state index is 0.890. The summed E-state index contributed by atoms with van der Waals surface area (Å²) in [5.41, 5.74) is 2.27. The fourth-order valence-corrected chi connectivity index (χ4v) is 1.37. The summed E-state index contributed by atoms with van der Waals surface area (Å²) in [6.45, 7) is 0.890. The second-order valence-corrected chi connectivity index (χ2v) is 3.18. The van der Waals surface area contributed by atoms with Gasteiger partial charge in [-0.2, -0.15) is 5.10 Å². The van der Waals surface area contributed by atoms with E-state index in [0.29, 0.717) is 0 Å². The number of nitrogens with zero attached hydrogens (tertiary/aromatic N) is 1. The Morgan fingerprint density at radius 3 is 3.29 bits per heavy atom. The summed E-state index contributed by atoms with van der Waals surface area (Å²) in [6.07, 6.45) is 6.02. The number of aromatic amines is 1. The summed E-state index contributed by atoms with van der Waals surface area (Å²) in [7, 11) is 1.93. The summed E-state index contributed by atoms with van der Waals surface area (Å²) in [6, 6.07) is 6.25. The fraction of sp³-hybridized carbons (Fsp3) is 0.182. The first-order chi connectivity index (χ1) is 6.90. The number of nitrogens with one attached hydrogen (secondary N) is 2. The average molecular weight is 187 g/mol. The van der Waals surface area contributed by atoms with Crippen molar-refractivity contribution in [2.24, 2.45) is 0 Å². The first kappa shape index (κ1) is 8.97. The second kappa shape index (κ2) is 4.07. The van der Waals surface area contributed by atoms with Crippen LogP contribution in [0.15, 0.2) is 30.5 Å². The van der Waals surface area contributed by atoms with Crippen LogP contribution in [0.4, 0.5) is 0 Å². The molecule has 72 valence electrons. The number of H-pyrrole nitrogens is 1. The monoisotopic (exact) mass is 187 g/mol. The Bertz CT molecular complexity index is 442. The van der Waals surface area contributed by atoms with E-state index in [1.54, 1.807) is 0 Å². The van der Waals surface area contributed by atoms with Gasteiger partial charge >= 0.3 is 0 Å². The van der Waals surface area contributed by atoms with Crippen molar-refractivity contribution in [2.45, 2.75) is 0 Å². The van der Waals surface area contributed by atoms with Crippen molar-refractivity contribution in [3.05, 3.63) is 36.0 Å². The molecular weight excluding hydrogens is 174 g/mol. The van der Waals surface area contributed by atoms with Gasteiger partial charge in [-0.3, -0.25) is 5.10 Å². The van der Waals surface area contributed by atoms with E-state index in [1.807, 2.05) is 13.2 Å². The summed E-state index contributed by atoms with van der Waals surface area (Å²) in [5.74, 6) is 0. The van der Waals surface area contributed by atoms with Crippen molar-refractivity contribution in [3.8, 4) is 0 Å². The lowest BCUT2D eigenvalue weighted by molar-refractivity contribution is 0.922. The number of fused-ring (bicyclic) bond motifs is 1. The maximum absolute atomic E-state index is 3.98. The second-order valence-electron chi connectivity index (χ2n) is 3.18. The van der Waals surface area contributed by atoms with Crippen molar-refractivity contribution in [1.29, 1.82) is 0 Å². The molecule has 14 heavy (non-hydrogen) atoms. The molecule has 3 nitrogen and oxygen atoms in total. The summed E-state index contributed by atoms with van der Waals surface area (Å²) in [5, 5.41) is 11.1. The first-order valence-corrected chi connectivity index (χ1v) is 4.64. The van der Waals surface area contributed by atoms with Crippen LogP contribution in [0.2, 0.25) is 0 Å². The molecule has 0 unspecified atom stereocenters. The van der Waals surface area contributed by atoms with Gasteiger partial charge in [0.05, 0.1) is 11.7 Å². The van der Waals surface area contributed by atoms with Crippen LogP contribution < -0.4 is 5.32 Å². The maximum atomic E-state index is 3.98. The molecule has 2 N–H and O–H groups in total. The van der Waals surface area contributed by atoms with Crippen molar-refractivity contribution < 1.29 is 0 Å². The normalized spacial score (nSPS) is 11.5. The van der Waals surface area contributed by atoms with E-state index >= 15 is 0 Å². The van der Waals surface area contributed by atoms with Crippen LogP contribution in [0.3, 0.4) is 0 Å². The lowest BCUT2D eigenvalue weighted by atomic mass is 10.1. The maximum Gasteiger partial charge on any atom is 0.0656 e. The summed E-state index contributed by atoms with van der Waals surface area (Å²) in [4.78, 5) is 0. The van der Waals surface area contributed by atoms with Gasteiger partial charge in [0.2, 0.25) is 0 Å². The van der Waals surface area contributed by atoms with Gasteiger partial charge in [0.25, 0.3) is 0 Å². The van der Waals surface area contributed by atoms with E-state index in [-0.39, 0.29) is 0 Å². The smallest absolute Gasteiger partial charge is 0.0656 e. The molecule has 0 aliphatic heterocycles. The lowest BCUT2D eigenvalue weighted by Crippen LogP contribution is -2.03.